The number of anilines is 1. The second-order valence-corrected chi connectivity index (χ2v) is 13.7. The maximum atomic E-state index is 14.3. The van der Waals surface area contributed by atoms with Gasteiger partial charge in [-0.1, -0.05) is 79.5 Å². The molecule has 0 aromatic heterocycles. The Hall–Kier alpha value is -4.41. The summed E-state index contributed by atoms with van der Waals surface area (Å²) < 4.78 is 0. The van der Waals surface area contributed by atoms with Crippen molar-refractivity contribution in [3.05, 3.63) is 101 Å². The molecule has 3 aliphatic heterocycles. The zero-order valence-electron chi connectivity index (χ0n) is 28.0. The number of carbonyl (C=O) groups is 4. The summed E-state index contributed by atoms with van der Waals surface area (Å²) in [5.74, 6) is -0.664. The van der Waals surface area contributed by atoms with Crippen molar-refractivity contribution in [1.29, 1.82) is 0 Å². The van der Waals surface area contributed by atoms with E-state index in [0.717, 1.165) is 29.7 Å². The highest BCUT2D eigenvalue weighted by Crippen LogP contribution is 2.39. The van der Waals surface area contributed by atoms with Crippen LogP contribution in [0.2, 0.25) is 5.02 Å². The Labute approximate surface area is 293 Å². The fourth-order valence-electron chi connectivity index (χ4n) is 7.24. The van der Waals surface area contributed by atoms with Crippen LogP contribution in [-0.2, 0) is 38.6 Å². The number of rotatable bonds is 11. The van der Waals surface area contributed by atoms with Gasteiger partial charge in [0.05, 0.1) is 12.7 Å². The molecule has 2 saturated heterocycles. The summed E-state index contributed by atoms with van der Waals surface area (Å²) >= 11 is 6.14. The summed E-state index contributed by atoms with van der Waals surface area (Å²) in [4.78, 5) is 60.3. The molecule has 6 rings (SSSR count). The lowest BCUT2D eigenvalue weighted by Crippen LogP contribution is -2.60. The van der Waals surface area contributed by atoms with Crippen molar-refractivity contribution in [3.63, 3.8) is 0 Å². The molecule has 11 heteroatoms. The Balaban J connectivity index is 1.18. The van der Waals surface area contributed by atoms with Crippen LogP contribution in [0.4, 0.5) is 5.69 Å². The summed E-state index contributed by atoms with van der Waals surface area (Å²) in [6, 6.07) is 23.9. The number of likely N-dealkylation sites (tertiary alicyclic amines) is 1. The Bertz CT molecular complexity index is 1640. The lowest BCUT2D eigenvalue weighted by molar-refractivity contribution is -0.141. The number of unbranched alkanes of at least 4 members (excludes halogenated alkanes) is 1. The molecule has 2 fully saturated rings. The molecule has 3 aromatic carbocycles. The third kappa shape index (κ3) is 7.76. The second-order valence-electron chi connectivity index (χ2n) is 13.3. The average molecular weight is 685 g/mol. The molecular weight excluding hydrogens is 640 g/mol. The monoisotopic (exact) mass is 684 g/mol. The van der Waals surface area contributed by atoms with Gasteiger partial charge in [-0.15, -0.1) is 0 Å². The van der Waals surface area contributed by atoms with Gasteiger partial charge >= 0.3 is 0 Å². The molecule has 3 N–H and O–H groups in total. The summed E-state index contributed by atoms with van der Waals surface area (Å²) in [6.45, 7) is 4.20. The Morgan fingerprint density at radius 2 is 1.65 bits per heavy atom. The van der Waals surface area contributed by atoms with E-state index in [1.54, 1.807) is 21.9 Å². The number of piperidine rings is 1. The van der Waals surface area contributed by atoms with Crippen LogP contribution in [0.15, 0.2) is 78.9 Å². The topological polar surface area (TPSA) is 114 Å². The number of nitrogens with zero attached hydrogens (tertiary/aromatic N) is 3. The first kappa shape index (κ1) is 34.5. The molecule has 3 aromatic rings. The Kier molecular flexibility index (Phi) is 10.8. The SMILES string of the molecule is CCCCNC(=O)CN1CN(c2ccccc2)C2(CCN(C(=O)C(Cc3ccc(Cl)cc3)NC(=O)C3Cc4ccccc4CN3)CC2)C1=O. The second kappa shape index (κ2) is 15.4. The van der Waals surface area contributed by atoms with Gasteiger partial charge in [0.2, 0.25) is 17.7 Å². The van der Waals surface area contributed by atoms with Crippen LogP contribution in [0.5, 0.6) is 0 Å². The molecular formula is C38H45ClN6O4. The predicted molar refractivity (Wildman–Crippen MR) is 190 cm³/mol. The maximum absolute atomic E-state index is 14.3. The molecule has 2 unspecified atom stereocenters. The highest BCUT2D eigenvalue weighted by atomic mass is 35.5. The standard InChI is InChI=1S/C38H45ClN6O4/c1-2-3-19-40-34(46)25-44-26-45(31-11-5-4-6-12-31)38(37(44)49)17-20-43(21-18-38)36(48)33(22-27-13-15-30(39)16-14-27)42-35(47)32-23-28-9-7-8-10-29(28)24-41-32/h4-16,32-33,41H,2-3,17-26H2,1H3,(H,40,46)(H,42,47). The summed E-state index contributed by atoms with van der Waals surface area (Å²) in [6.07, 6.45) is 3.52. The molecule has 49 heavy (non-hydrogen) atoms. The number of hydrogen-bond acceptors (Lipinski definition) is 6. The van der Waals surface area contributed by atoms with Crippen LogP contribution < -0.4 is 20.9 Å². The molecule has 1 spiro atoms. The van der Waals surface area contributed by atoms with E-state index in [1.165, 1.54) is 5.56 Å². The summed E-state index contributed by atoms with van der Waals surface area (Å²) in [7, 11) is 0. The van der Waals surface area contributed by atoms with E-state index in [4.69, 9.17) is 11.6 Å². The first-order valence-electron chi connectivity index (χ1n) is 17.3. The number of para-hydroxylation sites is 1. The van der Waals surface area contributed by atoms with Gasteiger partial charge in [-0.3, -0.25) is 19.2 Å². The molecule has 258 valence electrons. The van der Waals surface area contributed by atoms with E-state index in [2.05, 4.69) is 33.8 Å². The minimum absolute atomic E-state index is 0.00878. The smallest absolute Gasteiger partial charge is 0.250 e. The van der Waals surface area contributed by atoms with E-state index in [0.29, 0.717) is 63.6 Å². The van der Waals surface area contributed by atoms with Crippen LogP contribution in [0, 0.1) is 0 Å². The largest absolute Gasteiger partial charge is 0.355 e. The Morgan fingerprint density at radius 3 is 2.37 bits per heavy atom. The van der Waals surface area contributed by atoms with Gasteiger partial charge in [0, 0.05) is 43.3 Å². The molecule has 0 aliphatic carbocycles. The van der Waals surface area contributed by atoms with Crippen molar-refractivity contribution in [2.75, 3.05) is 37.7 Å². The van der Waals surface area contributed by atoms with E-state index in [-0.39, 0.29) is 30.2 Å². The molecule has 10 nitrogen and oxygen atoms in total. The number of hydrogen-bond donors (Lipinski definition) is 3. The van der Waals surface area contributed by atoms with Gasteiger partial charge in [-0.25, -0.2) is 0 Å². The highest BCUT2D eigenvalue weighted by molar-refractivity contribution is 6.30. The maximum Gasteiger partial charge on any atom is 0.250 e. The van der Waals surface area contributed by atoms with Crippen LogP contribution in [0.3, 0.4) is 0 Å². The lowest BCUT2D eigenvalue weighted by Gasteiger charge is -2.44. The van der Waals surface area contributed by atoms with E-state index < -0.39 is 17.6 Å². The molecule has 2 atom stereocenters. The number of halogens is 1. The van der Waals surface area contributed by atoms with Gasteiger partial charge in [0.1, 0.15) is 18.1 Å². The average Bonchev–Trinajstić information content (AvgIpc) is 3.38. The first-order valence-corrected chi connectivity index (χ1v) is 17.7. The number of nitrogens with one attached hydrogen (secondary N) is 3. The van der Waals surface area contributed by atoms with Crippen LogP contribution in [0.1, 0.15) is 49.3 Å². The van der Waals surface area contributed by atoms with Crippen LogP contribution >= 0.6 is 11.6 Å². The zero-order valence-corrected chi connectivity index (χ0v) is 28.8. The highest BCUT2D eigenvalue weighted by Gasteiger charge is 2.54. The molecule has 3 aliphatic rings. The predicted octanol–water partition coefficient (Wildman–Crippen LogP) is 3.67. The minimum Gasteiger partial charge on any atom is -0.355 e. The molecule has 0 saturated carbocycles. The normalized spacial score (nSPS) is 19.0. The third-order valence-electron chi connectivity index (χ3n) is 10.0. The van der Waals surface area contributed by atoms with Crippen molar-refractivity contribution in [1.82, 2.24) is 25.8 Å². The molecule has 0 bridgehead atoms. The van der Waals surface area contributed by atoms with E-state index in [1.807, 2.05) is 60.7 Å². The van der Waals surface area contributed by atoms with E-state index in [9.17, 15) is 19.2 Å². The lowest BCUT2D eigenvalue weighted by atomic mass is 9.85. The van der Waals surface area contributed by atoms with Gasteiger partial charge in [-0.05, 0) is 66.6 Å². The van der Waals surface area contributed by atoms with Gasteiger partial charge < -0.3 is 30.7 Å². The van der Waals surface area contributed by atoms with Crippen molar-refractivity contribution in [2.24, 2.45) is 0 Å². The van der Waals surface area contributed by atoms with Crippen LogP contribution in [0.25, 0.3) is 0 Å². The van der Waals surface area contributed by atoms with Crippen molar-refractivity contribution in [3.8, 4) is 0 Å². The number of amides is 4. The van der Waals surface area contributed by atoms with Gasteiger partial charge in [-0.2, -0.15) is 0 Å². The number of fused-ring (bicyclic) bond motifs is 1. The van der Waals surface area contributed by atoms with Crippen molar-refractivity contribution < 1.29 is 19.2 Å². The minimum atomic E-state index is -0.879. The zero-order chi connectivity index (χ0) is 34.4. The molecule has 3 heterocycles. The summed E-state index contributed by atoms with van der Waals surface area (Å²) in [5, 5.41) is 9.93. The van der Waals surface area contributed by atoms with Crippen LogP contribution in [-0.4, -0.2) is 83.9 Å². The molecule has 0 radical (unpaired) electrons. The van der Waals surface area contributed by atoms with Crippen molar-refractivity contribution in [2.45, 2.75) is 69.6 Å². The van der Waals surface area contributed by atoms with Gasteiger partial charge in [0.25, 0.3) is 5.91 Å². The van der Waals surface area contributed by atoms with E-state index >= 15 is 0 Å². The number of benzene rings is 3. The Morgan fingerprint density at radius 1 is 0.959 bits per heavy atom. The van der Waals surface area contributed by atoms with Gasteiger partial charge in [0.15, 0.2) is 0 Å². The summed E-state index contributed by atoms with van der Waals surface area (Å²) in [5.41, 5.74) is 3.20. The first-order chi connectivity index (χ1) is 23.8. The number of carbonyl (C=O) groups excluding carboxylic acids is 4. The quantitative estimate of drug-likeness (QED) is 0.266. The fourth-order valence-corrected chi connectivity index (χ4v) is 7.37. The molecule has 4 amide bonds. The fraction of sp³-hybridized carbons (Fsp3) is 0.421. The third-order valence-corrected chi connectivity index (χ3v) is 10.3. The van der Waals surface area contributed by atoms with Crippen molar-refractivity contribution >= 4 is 40.9 Å².